The third-order valence-electron chi connectivity index (χ3n) is 7.66. The zero-order valence-electron chi connectivity index (χ0n) is 22.3. The van der Waals surface area contributed by atoms with Crippen LogP contribution in [0.3, 0.4) is 0 Å². The number of urea groups is 1. The van der Waals surface area contributed by atoms with Crippen molar-refractivity contribution in [1.82, 2.24) is 25.1 Å². The van der Waals surface area contributed by atoms with Crippen LogP contribution >= 0.6 is 0 Å². The van der Waals surface area contributed by atoms with Gasteiger partial charge in [-0.15, -0.1) is 0 Å². The third kappa shape index (κ3) is 5.44. The molecule has 0 unspecified atom stereocenters. The maximum absolute atomic E-state index is 15.0. The van der Waals surface area contributed by atoms with Gasteiger partial charge in [0.2, 0.25) is 5.91 Å². The minimum absolute atomic E-state index is 0.103. The number of halogens is 1. The Morgan fingerprint density at radius 1 is 1.16 bits per heavy atom. The van der Waals surface area contributed by atoms with Crippen molar-refractivity contribution in [2.45, 2.75) is 58.8 Å². The Hall–Kier alpha value is -3.31. The second-order valence-electron chi connectivity index (χ2n) is 10.2. The van der Waals surface area contributed by atoms with Gasteiger partial charge in [-0.1, -0.05) is 0 Å². The summed E-state index contributed by atoms with van der Waals surface area (Å²) in [7, 11) is 0. The number of aromatic nitrogens is 2. The van der Waals surface area contributed by atoms with E-state index in [1.54, 1.807) is 26.0 Å². The highest BCUT2D eigenvalue weighted by Gasteiger charge is 2.35. The lowest BCUT2D eigenvalue weighted by molar-refractivity contribution is -0.130. The topological polar surface area (TPSA) is 103 Å². The van der Waals surface area contributed by atoms with E-state index in [0.29, 0.717) is 43.7 Å². The Kier molecular flexibility index (Phi) is 7.75. The number of morpholine rings is 1. The van der Waals surface area contributed by atoms with Crippen LogP contribution in [0.25, 0.3) is 11.4 Å². The van der Waals surface area contributed by atoms with Crippen LogP contribution in [0.4, 0.5) is 20.7 Å². The van der Waals surface area contributed by atoms with Gasteiger partial charge in [-0.05, 0) is 44.9 Å². The minimum Gasteiger partial charge on any atom is -0.377 e. The average molecular weight is 526 g/mol. The molecule has 2 aromatic rings. The first-order chi connectivity index (χ1) is 18.3. The van der Waals surface area contributed by atoms with Crippen molar-refractivity contribution in [3.8, 4) is 11.4 Å². The van der Waals surface area contributed by atoms with Gasteiger partial charge in [0, 0.05) is 63.4 Å². The summed E-state index contributed by atoms with van der Waals surface area (Å²) in [6.07, 6.45) is 1.87. The quantitative estimate of drug-likeness (QED) is 0.619. The number of hydrogen-bond acceptors (Lipinski definition) is 7. The Balaban J connectivity index is 1.44. The number of ether oxygens (including phenoxy) is 1. The summed E-state index contributed by atoms with van der Waals surface area (Å²) in [6, 6.07) is 4.73. The number of amides is 3. The van der Waals surface area contributed by atoms with E-state index in [2.05, 4.69) is 27.4 Å². The molecule has 4 heterocycles. The molecule has 5 rings (SSSR count). The first-order valence-corrected chi connectivity index (χ1v) is 13.4. The van der Waals surface area contributed by atoms with E-state index >= 15 is 0 Å². The fourth-order valence-corrected chi connectivity index (χ4v) is 5.56. The van der Waals surface area contributed by atoms with Crippen molar-refractivity contribution >= 4 is 23.4 Å². The van der Waals surface area contributed by atoms with E-state index in [1.165, 1.54) is 6.07 Å². The number of benzene rings is 1. The number of likely N-dealkylation sites (tertiary alicyclic amines) is 1. The number of nitrogens with one attached hydrogen (secondary N) is 2. The minimum atomic E-state index is -0.544. The fourth-order valence-electron chi connectivity index (χ4n) is 5.56. The molecule has 10 nitrogen and oxygen atoms in total. The number of rotatable bonds is 5. The molecule has 38 heavy (non-hydrogen) atoms. The Bertz CT molecular complexity index is 1200. The van der Waals surface area contributed by atoms with Crippen LogP contribution in [0.1, 0.15) is 44.9 Å². The number of carbonyl (C=O) groups excluding carboxylic acids is 2. The van der Waals surface area contributed by atoms with Crippen LogP contribution < -0.4 is 15.5 Å². The van der Waals surface area contributed by atoms with Gasteiger partial charge in [-0.2, -0.15) is 0 Å². The van der Waals surface area contributed by atoms with Crippen LogP contribution in [0.15, 0.2) is 18.2 Å². The lowest BCUT2D eigenvalue weighted by Gasteiger charge is -2.37. The zero-order valence-corrected chi connectivity index (χ0v) is 22.3. The highest BCUT2D eigenvalue weighted by atomic mass is 19.1. The summed E-state index contributed by atoms with van der Waals surface area (Å²) in [5, 5.41) is 5.13. The molecule has 2 saturated heterocycles. The molecule has 0 saturated carbocycles. The molecular weight excluding hydrogens is 489 g/mol. The van der Waals surface area contributed by atoms with Crippen LogP contribution in [-0.4, -0.2) is 83.2 Å². The summed E-state index contributed by atoms with van der Waals surface area (Å²) in [4.78, 5) is 40.2. The van der Waals surface area contributed by atoms with Crippen LogP contribution in [0, 0.1) is 5.82 Å². The second kappa shape index (κ2) is 11.2. The molecule has 0 radical (unpaired) electrons. The number of piperidine rings is 1. The number of fused-ring (bicyclic) bond motifs is 1. The third-order valence-corrected chi connectivity index (χ3v) is 7.66. The van der Waals surface area contributed by atoms with Gasteiger partial charge >= 0.3 is 6.03 Å². The van der Waals surface area contributed by atoms with Gasteiger partial charge in [-0.25, -0.2) is 19.2 Å². The van der Waals surface area contributed by atoms with Crippen molar-refractivity contribution in [1.29, 1.82) is 0 Å². The lowest BCUT2D eigenvalue weighted by atomic mass is 10.0. The van der Waals surface area contributed by atoms with Gasteiger partial charge in [-0.3, -0.25) is 9.69 Å². The monoisotopic (exact) mass is 525 g/mol. The molecule has 3 amide bonds. The van der Waals surface area contributed by atoms with Crippen LogP contribution in [0.2, 0.25) is 0 Å². The van der Waals surface area contributed by atoms with Gasteiger partial charge in [0.1, 0.15) is 11.6 Å². The molecule has 204 valence electrons. The molecule has 11 heteroatoms. The SMILES string of the molecule is CCNC(=O)Nc1ccc(-c2nc3c(c(N4CCOC[C@@H]4C)n2)CN(C2CCN(C(C)=O)CC2)C3)cc1F. The van der Waals surface area contributed by atoms with E-state index < -0.39 is 11.8 Å². The highest BCUT2D eigenvalue weighted by Crippen LogP contribution is 2.36. The maximum Gasteiger partial charge on any atom is 0.319 e. The van der Waals surface area contributed by atoms with Crippen LogP contribution in [0.5, 0.6) is 0 Å². The summed E-state index contributed by atoms with van der Waals surface area (Å²) in [6.45, 7) is 11.0. The van der Waals surface area contributed by atoms with Crippen molar-refractivity contribution in [2.75, 3.05) is 49.6 Å². The Morgan fingerprint density at radius 3 is 2.63 bits per heavy atom. The van der Waals surface area contributed by atoms with E-state index in [0.717, 1.165) is 56.1 Å². The summed E-state index contributed by atoms with van der Waals surface area (Å²) in [5.74, 6) is 0.938. The summed E-state index contributed by atoms with van der Waals surface area (Å²) >= 11 is 0. The lowest BCUT2D eigenvalue weighted by Crippen LogP contribution is -2.45. The number of hydrogen-bond donors (Lipinski definition) is 2. The van der Waals surface area contributed by atoms with E-state index in [4.69, 9.17) is 14.7 Å². The first kappa shape index (κ1) is 26.3. The normalized spacial score (nSPS) is 20.4. The highest BCUT2D eigenvalue weighted by molar-refractivity contribution is 5.89. The number of carbonyl (C=O) groups is 2. The van der Waals surface area contributed by atoms with Gasteiger partial charge < -0.3 is 25.2 Å². The second-order valence-corrected chi connectivity index (χ2v) is 10.2. The zero-order chi connectivity index (χ0) is 26.8. The molecule has 0 aliphatic carbocycles. The molecule has 0 bridgehead atoms. The van der Waals surface area contributed by atoms with Gasteiger partial charge in [0.25, 0.3) is 0 Å². The molecule has 3 aliphatic rings. The van der Waals surface area contributed by atoms with E-state index in [-0.39, 0.29) is 17.6 Å². The predicted molar refractivity (Wildman–Crippen MR) is 142 cm³/mol. The summed E-state index contributed by atoms with van der Waals surface area (Å²) in [5.41, 5.74) is 2.74. The smallest absolute Gasteiger partial charge is 0.319 e. The maximum atomic E-state index is 15.0. The molecule has 2 N–H and O–H groups in total. The molecular formula is C27H36FN7O3. The standard InChI is InChI=1S/C27H36FN7O3/c1-4-29-27(37)31-23-6-5-19(13-22(23)28)25-30-24-15-34(20-7-9-33(10-8-20)18(3)36)14-21(24)26(32-25)35-11-12-38-16-17(35)2/h5-6,13,17,20H,4,7-12,14-16H2,1-3H3,(H2,29,31,37)/t17-/m0/s1. The molecule has 2 fully saturated rings. The number of anilines is 2. The van der Waals surface area contributed by atoms with E-state index in [9.17, 15) is 14.0 Å². The summed E-state index contributed by atoms with van der Waals surface area (Å²) < 4.78 is 20.6. The first-order valence-electron chi connectivity index (χ1n) is 13.4. The van der Waals surface area contributed by atoms with Gasteiger partial charge in [0.05, 0.1) is 30.6 Å². The molecule has 0 spiro atoms. The van der Waals surface area contributed by atoms with Crippen molar-refractivity contribution in [3.05, 3.63) is 35.3 Å². The van der Waals surface area contributed by atoms with Crippen molar-refractivity contribution in [2.24, 2.45) is 0 Å². The number of nitrogens with zero attached hydrogens (tertiary/aromatic N) is 5. The Labute approximate surface area is 222 Å². The van der Waals surface area contributed by atoms with Crippen LogP contribution in [-0.2, 0) is 22.6 Å². The molecule has 1 aromatic carbocycles. The molecule has 1 aromatic heterocycles. The molecule has 3 aliphatic heterocycles. The van der Waals surface area contributed by atoms with Crippen molar-refractivity contribution < 1.29 is 18.7 Å². The Morgan fingerprint density at radius 2 is 1.95 bits per heavy atom. The van der Waals surface area contributed by atoms with E-state index in [1.807, 2.05) is 4.90 Å². The predicted octanol–water partition coefficient (Wildman–Crippen LogP) is 2.98. The average Bonchev–Trinajstić information content (AvgIpc) is 3.34. The molecule has 1 atom stereocenters. The van der Waals surface area contributed by atoms with Crippen molar-refractivity contribution in [3.63, 3.8) is 0 Å². The van der Waals surface area contributed by atoms with Gasteiger partial charge in [0.15, 0.2) is 5.82 Å². The largest absolute Gasteiger partial charge is 0.377 e. The fraction of sp³-hybridized carbons (Fsp3) is 0.556.